The lowest BCUT2D eigenvalue weighted by atomic mass is 10.1. The van der Waals surface area contributed by atoms with E-state index in [0.717, 1.165) is 12.1 Å². The van der Waals surface area contributed by atoms with Crippen molar-refractivity contribution < 1.29 is 0 Å². The molecule has 0 atom stereocenters. The quantitative estimate of drug-likeness (QED) is 0.314. The molecule has 0 spiro atoms. The molecule has 14 heavy (non-hydrogen) atoms. The summed E-state index contributed by atoms with van der Waals surface area (Å²) in [7, 11) is 1.63. The van der Waals surface area contributed by atoms with Crippen LogP contribution in [0.4, 0.5) is 0 Å². The summed E-state index contributed by atoms with van der Waals surface area (Å²) < 4.78 is 0. The van der Waals surface area contributed by atoms with Crippen LogP contribution in [0.1, 0.15) is 12.5 Å². The van der Waals surface area contributed by atoms with Crippen molar-refractivity contribution in [2.24, 2.45) is 5.10 Å². The van der Waals surface area contributed by atoms with E-state index in [1.165, 1.54) is 10.6 Å². The molecular formula is C11H13N3. The van der Waals surface area contributed by atoms with E-state index in [9.17, 15) is 0 Å². The number of hydrogen-bond acceptors (Lipinski definition) is 3. The maximum Gasteiger partial charge on any atom is 0.201 e. The standard InChI is InChI=1S/C11H13N3/c1-10(13-14(2)9-12)8-11-6-4-3-5-7-11/h3-7H,8H2,1-2H3/b13-10+. The fourth-order valence-electron chi connectivity index (χ4n) is 1.21. The van der Waals surface area contributed by atoms with Crippen LogP contribution in [0, 0.1) is 11.5 Å². The summed E-state index contributed by atoms with van der Waals surface area (Å²) in [4.78, 5) is 0. The molecule has 0 aliphatic heterocycles. The minimum Gasteiger partial charge on any atom is -0.203 e. The molecule has 1 rings (SSSR count). The molecule has 3 nitrogen and oxygen atoms in total. The lowest BCUT2D eigenvalue weighted by Crippen LogP contribution is -2.07. The molecular weight excluding hydrogens is 174 g/mol. The summed E-state index contributed by atoms with van der Waals surface area (Å²) >= 11 is 0. The molecule has 0 aromatic heterocycles. The summed E-state index contributed by atoms with van der Waals surface area (Å²) in [5.41, 5.74) is 2.14. The van der Waals surface area contributed by atoms with Gasteiger partial charge < -0.3 is 0 Å². The second kappa shape index (κ2) is 5.03. The van der Waals surface area contributed by atoms with Gasteiger partial charge >= 0.3 is 0 Å². The van der Waals surface area contributed by atoms with E-state index in [4.69, 9.17) is 5.26 Å². The van der Waals surface area contributed by atoms with Crippen LogP contribution in [-0.4, -0.2) is 17.8 Å². The number of hydrazone groups is 1. The average Bonchev–Trinajstić information content (AvgIpc) is 2.19. The Bertz CT molecular complexity index is 349. The summed E-state index contributed by atoms with van der Waals surface area (Å²) in [5.74, 6) is 0. The first-order valence-corrected chi connectivity index (χ1v) is 4.44. The van der Waals surface area contributed by atoms with E-state index in [2.05, 4.69) is 5.10 Å². The molecule has 0 amide bonds. The normalized spacial score (nSPS) is 10.8. The van der Waals surface area contributed by atoms with Crippen LogP contribution in [0.15, 0.2) is 35.4 Å². The molecule has 0 radical (unpaired) electrons. The van der Waals surface area contributed by atoms with Crippen LogP contribution >= 0.6 is 0 Å². The van der Waals surface area contributed by atoms with Crippen LogP contribution in [0.25, 0.3) is 0 Å². The second-order valence-electron chi connectivity index (χ2n) is 3.12. The highest BCUT2D eigenvalue weighted by Gasteiger charge is 1.96. The van der Waals surface area contributed by atoms with Crippen LogP contribution in [0.5, 0.6) is 0 Å². The molecule has 0 aliphatic carbocycles. The van der Waals surface area contributed by atoms with Crippen LogP contribution in [0.3, 0.4) is 0 Å². The Morgan fingerprint density at radius 3 is 2.64 bits per heavy atom. The van der Waals surface area contributed by atoms with Gasteiger partial charge in [0, 0.05) is 19.2 Å². The first kappa shape index (κ1) is 10.3. The Balaban J connectivity index is 2.62. The van der Waals surface area contributed by atoms with Crippen molar-refractivity contribution in [2.45, 2.75) is 13.3 Å². The van der Waals surface area contributed by atoms with E-state index >= 15 is 0 Å². The number of rotatable bonds is 3. The SMILES string of the molecule is C/C(Cc1ccccc1)=N\N(C)C#N. The van der Waals surface area contributed by atoms with Gasteiger partial charge in [0.05, 0.1) is 0 Å². The Morgan fingerprint density at radius 2 is 2.07 bits per heavy atom. The van der Waals surface area contributed by atoms with Gasteiger partial charge in [-0.1, -0.05) is 30.3 Å². The number of benzene rings is 1. The molecule has 1 aromatic carbocycles. The third-order valence-electron chi connectivity index (χ3n) is 1.77. The predicted molar refractivity (Wildman–Crippen MR) is 56.6 cm³/mol. The Kier molecular flexibility index (Phi) is 3.69. The Labute approximate surface area is 84.3 Å². The zero-order chi connectivity index (χ0) is 10.4. The first-order chi connectivity index (χ1) is 6.72. The Hall–Kier alpha value is -1.82. The zero-order valence-electron chi connectivity index (χ0n) is 8.44. The van der Waals surface area contributed by atoms with E-state index in [1.807, 2.05) is 43.4 Å². The van der Waals surface area contributed by atoms with Gasteiger partial charge in [0.15, 0.2) is 0 Å². The highest BCUT2D eigenvalue weighted by molar-refractivity contribution is 5.83. The highest BCUT2D eigenvalue weighted by Crippen LogP contribution is 2.01. The van der Waals surface area contributed by atoms with Gasteiger partial charge in [-0.05, 0) is 12.5 Å². The molecule has 0 unspecified atom stereocenters. The molecule has 0 heterocycles. The van der Waals surface area contributed by atoms with Crippen LogP contribution in [-0.2, 0) is 6.42 Å². The summed E-state index contributed by atoms with van der Waals surface area (Å²) in [6.07, 6.45) is 2.71. The molecule has 0 bridgehead atoms. The van der Waals surface area contributed by atoms with Gasteiger partial charge in [-0.25, -0.2) is 5.01 Å². The lowest BCUT2D eigenvalue weighted by molar-refractivity contribution is 0.508. The molecule has 3 heteroatoms. The fraction of sp³-hybridized carbons (Fsp3) is 0.273. The molecule has 0 saturated carbocycles. The van der Waals surface area contributed by atoms with Crippen molar-refractivity contribution >= 4 is 5.71 Å². The first-order valence-electron chi connectivity index (χ1n) is 4.44. The highest BCUT2D eigenvalue weighted by atomic mass is 15.4. The van der Waals surface area contributed by atoms with Crippen molar-refractivity contribution in [3.63, 3.8) is 0 Å². The minimum atomic E-state index is 0.785. The summed E-state index contributed by atoms with van der Waals surface area (Å²) in [5, 5.41) is 13.9. The lowest BCUT2D eigenvalue weighted by Gasteiger charge is -2.04. The van der Waals surface area contributed by atoms with Gasteiger partial charge in [0.2, 0.25) is 6.19 Å². The summed E-state index contributed by atoms with van der Waals surface area (Å²) in [6.45, 7) is 1.92. The molecule has 0 aliphatic rings. The van der Waals surface area contributed by atoms with E-state index in [1.54, 1.807) is 7.05 Å². The van der Waals surface area contributed by atoms with Crippen molar-refractivity contribution in [2.75, 3.05) is 7.05 Å². The zero-order valence-corrected chi connectivity index (χ0v) is 8.44. The molecule has 0 fully saturated rings. The van der Waals surface area contributed by atoms with Gasteiger partial charge in [0.1, 0.15) is 0 Å². The largest absolute Gasteiger partial charge is 0.203 e. The number of hydrogen-bond donors (Lipinski definition) is 0. The Morgan fingerprint density at radius 1 is 1.43 bits per heavy atom. The van der Waals surface area contributed by atoms with Gasteiger partial charge in [-0.3, -0.25) is 0 Å². The van der Waals surface area contributed by atoms with Gasteiger partial charge in [0.25, 0.3) is 0 Å². The van der Waals surface area contributed by atoms with Gasteiger partial charge in [-0.15, -0.1) is 0 Å². The maximum atomic E-state index is 8.52. The summed E-state index contributed by atoms with van der Waals surface area (Å²) in [6, 6.07) is 10.1. The third kappa shape index (κ3) is 3.28. The molecule has 0 N–H and O–H groups in total. The van der Waals surface area contributed by atoms with Crippen LogP contribution in [0.2, 0.25) is 0 Å². The van der Waals surface area contributed by atoms with E-state index in [-0.39, 0.29) is 0 Å². The van der Waals surface area contributed by atoms with E-state index < -0.39 is 0 Å². The van der Waals surface area contributed by atoms with Gasteiger partial charge in [-0.2, -0.15) is 10.4 Å². The van der Waals surface area contributed by atoms with Crippen LogP contribution < -0.4 is 0 Å². The monoisotopic (exact) mass is 187 g/mol. The topological polar surface area (TPSA) is 39.4 Å². The van der Waals surface area contributed by atoms with Crippen molar-refractivity contribution in [1.29, 1.82) is 5.26 Å². The smallest absolute Gasteiger partial charge is 0.201 e. The molecule has 1 aromatic rings. The fourth-order valence-corrected chi connectivity index (χ4v) is 1.21. The molecule has 72 valence electrons. The predicted octanol–water partition coefficient (Wildman–Crippen LogP) is 2.02. The molecule has 0 saturated heterocycles. The van der Waals surface area contributed by atoms with Crippen molar-refractivity contribution in [1.82, 2.24) is 5.01 Å². The second-order valence-corrected chi connectivity index (χ2v) is 3.12. The number of nitrogens with zero attached hydrogens (tertiary/aromatic N) is 3. The third-order valence-corrected chi connectivity index (χ3v) is 1.77. The van der Waals surface area contributed by atoms with Crippen molar-refractivity contribution in [3.8, 4) is 6.19 Å². The number of nitriles is 1. The van der Waals surface area contributed by atoms with Crippen molar-refractivity contribution in [3.05, 3.63) is 35.9 Å². The minimum absolute atomic E-state index is 0.785. The van der Waals surface area contributed by atoms with E-state index in [0.29, 0.717) is 0 Å². The maximum absolute atomic E-state index is 8.52. The average molecular weight is 187 g/mol.